The molecule has 4 N–H and O–H groups in total. The van der Waals surface area contributed by atoms with Crippen LogP contribution in [0.25, 0.3) is 0 Å². The van der Waals surface area contributed by atoms with Gasteiger partial charge in [0.25, 0.3) is 0 Å². The number of rotatable bonds is 5. The minimum Gasteiger partial charge on any atom is -0.478 e. The molecule has 2 unspecified atom stereocenters. The van der Waals surface area contributed by atoms with Crippen molar-refractivity contribution in [1.82, 2.24) is 0 Å². The number of aliphatic hydroxyl groups excluding tert-OH is 2. The highest BCUT2D eigenvalue weighted by Crippen LogP contribution is 2.17. The number of benzene rings is 2. The van der Waals surface area contributed by atoms with Crippen LogP contribution in [0.4, 0.5) is 0 Å². The van der Waals surface area contributed by atoms with E-state index in [4.69, 9.17) is 15.3 Å². The maximum Gasteiger partial charge on any atom is 0.335 e. The molecule has 0 aliphatic carbocycles. The summed E-state index contributed by atoms with van der Waals surface area (Å²) >= 11 is 0. The SMILES string of the molecule is CC(O)CC(O)c1ccccc1.Cc1c(C(=O)O)cccc1C(=O)O. The summed E-state index contributed by atoms with van der Waals surface area (Å²) in [6.07, 6.45) is -0.615. The van der Waals surface area contributed by atoms with E-state index in [1.54, 1.807) is 6.92 Å². The maximum atomic E-state index is 10.6. The van der Waals surface area contributed by atoms with E-state index < -0.39 is 24.1 Å². The van der Waals surface area contributed by atoms with E-state index in [0.717, 1.165) is 5.56 Å². The highest BCUT2D eigenvalue weighted by molar-refractivity contribution is 5.96. The van der Waals surface area contributed by atoms with Gasteiger partial charge in [0.1, 0.15) is 0 Å². The van der Waals surface area contributed by atoms with Crippen LogP contribution in [-0.2, 0) is 0 Å². The van der Waals surface area contributed by atoms with Crippen LogP contribution in [0, 0.1) is 6.92 Å². The number of carbonyl (C=O) groups is 2. The Hall–Kier alpha value is -2.70. The fraction of sp³-hybridized carbons (Fsp3) is 0.263. The minimum absolute atomic E-state index is 0.0277. The summed E-state index contributed by atoms with van der Waals surface area (Å²) in [6, 6.07) is 13.5. The normalized spacial score (nSPS) is 12.5. The van der Waals surface area contributed by atoms with Gasteiger partial charge in [-0.1, -0.05) is 36.4 Å². The third-order valence-corrected chi connectivity index (χ3v) is 3.54. The fourth-order valence-corrected chi connectivity index (χ4v) is 2.23. The summed E-state index contributed by atoms with van der Waals surface area (Å²) in [7, 11) is 0. The molecule has 0 aliphatic heterocycles. The van der Waals surface area contributed by atoms with Crippen LogP contribution < -0.4 is 0 Å². The Morgan fingerprint density at radius 2 is 1.36 bits per heavy atom. The molecule has 134 valence electrons. The lowest BCUT2D eigenvalue weighted by atomic mass is 10.0. The quantitative estimate of drug-likeness (QED) is 0.662. The van der Waals surface area contributed by atoms with E-state index in [2.05, 4.69) is 0 Å². The Labute approximate surface area is 146 Å². The molecule has 2 rings (SSSR count). The van der Waals surface area contributed by atoms with Gasteiger partial charge in [-0.25, -0.2) is 9.59 Å². The van der Waals surface area contributed by atoms with Crippen LogP contribution in [0.3, 0.4) is 0 Å². The molecule has 0 bridgehead atoms. The van der Waals surface area contributed by atoms with E-state index in [-0.39, 0.29) is 16.7 Å². The first-order valence-electron chi connectivity index (χ1n) is 7.71. The van der Waals surface area contributed by atoms with Gasteiger partial charge in [-0.2, -0.15) is 0 Å². The van der Waals surface area contributed by atoms with E-state index in [9.17, 15) is 14.7 Å². The molecule has 0 saturated heterocycles. The molecule has 0 fully saturated rings. The second-order valence-corrected chi connectivity index (χ2v) is 5.60. The van der Waals surface area contributed by atoms with Gasteiger partial charge in [-0.05, 0) is 37.1 Å². The van der Waals surface area contributed by atoms with Crippen LogP contribution in [0.1, 0.15) is 51.3 Å². The first kappa shape index (κ1) is 20.3. The number of hydrogen-bond donors (Lipinski definition) is 4. The summed E-state index contributed by atoms with van der Waals surface area (Å²) in [5.74, 6) is -2.22. The lowest BCUT2D eigenvalue weighted by Gasteiger charge is -2.11. The summed E-state index contributed by atoms with van der Waals surface area (Å²) < 4.78 is 0. The summed E-state index contributed by atoms with van der Waals surface area (Å²) in [5.41, 5.74) is 1.20. The molecule has 0 heterocycles. The molecule has 0 saturated carbocycles. The Morgan fingerprint density at radius 3 is 1.76 bits per heavy atom. The first-order valence-corrected chi connectivity index (χ1v) is 7.71. The van der Waals surface area contributed by atoms with E-state index in [0.29, 0.717) is 6.42 Å². The van der Waals surface area contributed by atoms with Gasteiger partial charge >= 0.3 is 11.9 Å². The molecule has 6 nitrogen and oxygen atoms in total. The van der Waals surface area contributed by atoms with Crippen molar-refractivity contribution in [3.05, 3.63) is 70.8 Å². The average Bonchev–Trinajstić information content (AvgIpc) is 2.55. The second kappa shape index (κ2) is 9.56. The Morgan fingerprint density at radius 1 is 0.880 bits per heavy atom. The molecule has 0 spiro atoms. The van der Waals surface area contributed by atoms with Crippen LogP contribution in [0.5, 0.6) is 0 Å². The standard InChI is InChI=1S/C10H14O2.C9H8O4/c1-8(11)7-10(12)9-5-3-2-4-6-9;1-5-6(8(10)11)3-2-4-7(5)9(12)13/h2-6,8,10-12H,7H2,1H3;2-4H,1H3,(H,10,11)(H,12,13). The number of carboxylic acid groups (broad SMARTS) is 2. The average molecular weight is 346 g/mol. The topological polar surface area (TPSA) is 115 Å². The lowest BCUT2D eigenvalue weighted by molar-refractivity contribution is 0.0695. The highest BCUT2D eigenvalue weighted by atomic mass is 16.4. The predicted octanol–water partition coefficient (Wildman–Crippen LogP) is 2.88. The van der Waals surface area contributed by atoms with E-state index in [1.165, 1.54) is 25.1 Å². The number of carboxylic acids is 2. The van der Waals surface area contributed by atoms with Crippen molar-refractivity contribution in [3.63, 3.8) is 0 Å². The zero-order valence-electron chi connectivity index (χ0n) is 14.1. The number of aliphatic hydroxyl groups is 2. The molecule has 0 aliphatic rings. The fourth-order valence-electron chi connectivity index (χ4n) is 2.23. The van der Waals surface area contributed by atoms with Crippen molar-refractivity contribution >= 4 is 11.9 Å². The Balaban J connectivity index is 0.000000251. The summed E-state index contributed by atoms with van der Waals surface area (Å²) in [6.45, 7) is 3.15. The number of hydrogen-bond acceptors (Lipinski definition) is 4. The van der Waals surface area contributed by atoms with E-state index in [1.807, 2.05) is 30.3 Å². The van der Waals surface area contributed by atoms with Gasteiger partial charge in [-0.3, -0.25) is 0 Å². The van der Waals surface area contributed by atoms with Gasteiger partial charge in [-0.15, -0.1) is 0 Å². The molecule has 2 atom stereocenters. The highest BCUT2D eigenvalue weighted by Gasteiger charge is 2.13. The van der Waals surface area contributed by atoms with Crippen molar-refractivity contribution in [2.45, 2.75) is 32.5 Å². The predicted molar refractivity (Wildman–Crippen MR) is 92.8 cm³/mol. The van der Waals surface area contributed by atoms with Gasteiger partial charge in [0.15, 0.2) is 0 Å². The van der Waals surface area contributed by atoms with Crippen molar-refractivity contribution in [2.75, 3.05) is 0 Å². The Bertz CT molecular complexity index is 677. The van der Waals surface area contributed by atoms with Gasteiger partial charge < -0.3 is 20.4 Å². The molecule has 2 aromatic rings. The van der Waals surface area contributed by atoms with Gasteiger partial charge in [0.05, 0.1) is 23.3 Å². The minimum atomic E-state index is -1.11. The van der Waals surface area contributed by atoms with Crippen molar-refractivity contribution in [3.8, 4) is 0 Å². The molecule has 6 heteroatoms. The van der Waals surface area contributed by atoms with Crippen LogP contribution in [-0.4, -0.2) is 38.5 Å². The van der Waals surface area contributed by atoms with Crippen molar-refractivity contribution < 1.29 is 30.0 Å². The monoisotopic (exact) mass is 346 g/mol. The summed E-state index contributed by atoms with van der Waals surface area (Å²) in [5, 5.41) is 35.9. The molecule has 2 aromatic carbocycles. The smallest absolute Gasteiger partial charge is 0.335 e. The number of aromatic carboxylic acids is 2. The molecule has 0 aromatic heterocycles. The zero-order valence-corrected chi connectivity index (χ0v) is 14.1. The van der Waals surface area contributed by atoms with E-state index >= 15 is 0 Å². The van der Waals surface area contributed by atoms with Crippen molar-refractivity contribution in [2.24, 2.45) is 0 Å². The third kappa shape index (κ3) is 6.37. The molecule has 0 amide bonds. The van der Waals surface area contributed by atoms with Crippen LogP contribution in [0.15, 0.2) is 48.5 Å². The lowest BCUT2D eigenvalue weighted by Crippen LogP contribution is -2.07. The Kier molecular flexibility index (Phi) is 7.78. The van der Waals surface area contributed by atoms with Gasteiger partial charge in [0.2, 0.25) is 0 Å². The van der Waals surface area contributed by atoms with Gasteiger partial charge in [0, 0.05) is 6.42 Å². The van der Waals surface area contributed by atoms with Crippen LogP contribution in [0.2, 0.25) is 0 Å². The first-order chi connectivity index (χ1) is 11.7. The molecular formula is C19H22O6. The molecular weight excluding hydrogens is 324 g/mol. The van der Waals surface area contributed by atoms with Crippen LogP contribution >= 0.6 is 0 Å². The van der Waals surface area contributed by atoms with Crippen molar-refractivity contribution in [1.29, 1.82) is 0 Å². The third-order valence-electron chi connectivity index (χ3n) is 3.54. The zero-order chi connectivity index (χ0) is 19.0. The molecule has 0 radical (unpaired) electrons. The molecule has 25 heavy (non-hydrogen) atoms. The summed E-state index contributed by atoms with van der Waals surface area (Å²) in [4.78, 5) is 21.2. The maximum absolute atomic E-state index is 10.6. The largest absolute Gasteiger partial charge is 0.478 e. The second-order valence-electron chi connectivity index (χ2n) is 5.60.